The second kappa shape index (κ2) is 19.8. The number of esters is 1. The van der Waals surface area contributed by atoms with Crippen LogP contribution < -0.4 is 0 Å². The van der Waals surface area contributed by atoms with Gasteiger partial charge in [-0.2, -0.15) is 0 Å². The lowest BCUT2D eigenvalue weighted by molar-refractivity contribution is -0.140. The molecule has 0 aromatic carbocycles. The highest BCUT2D eigenvalue weighted by molar-refractivity contribution is 6.75. The van der Waals surface area contributed by atoms with E-state index < -0.39 is 25.0 Å². The zero-order valence-electron chi connectivity index (χ0n) is 33.7. The molecule has 0 radical (unpaired) electrons. The van der Waals surface area contributed by atoms with Gasteiger partial charge in [0.05, 0.1) is 25.4 Å². The number of unbranched alkanes of at least 4 members (excludes halogenated alkanes) is 2. The fourth-order valence-electron chi connectivity index (χ4n) is 4.03. The third-order valence-corrected chi connectivity index (χ3v) is 23.8. The zero-order chi connectivity index (χ0) is 36.7. The van der Waals surface area contributed by atoms with Gasteiger partial charge in [-0.15, -0.1) is 0 Å². The summed E-state index contributed by atoms with van der Waals surface area (Å²) in [4.78, 5) is 11.7. The molecule has 0 spiro atoms. The van der Waals surface area contributed by atoms with Crippen LogP contribution in [0.3, 0.4) is 0 Å². The Hall–Kier alpha value is -1.22. The number of hydrogen-bond acceptors (Lipinski definition) is 5. The molecule has 0 aliphatic carbocycles. The molecule has 3 atom stereocenters. The Balaban J connectivity index is 6.07. The lowest BCUT2D eigenvalue weighted by Crippen LogP contribution is -2.51. The van der Waals surface area contributed by atoms with Crippen LogP contribution in [0.5, 0.6) is 0 Å². The number of methoxy groups -OCH3 is 1. The minimum Gasteiger partial charge on any atom is -0.469 e. The predicted molar refractivity (Wildman–Crippen MR) is 211 cm³/mol. The molecule has 0 aromatic rings. The summed E-state index contributed by atoms with van der Waals surface area (Å²) in [6.07, 6.45) is 18.3. The van der Waals surface area contributed by atoms with Gasteiger partial charge in [-0.25, -0.2) is 0 Å². The van der Waals surface area contributed by atoms with Crippen molar-refractivity contribution in [3.8, 4) is 11.8 Å². The highest BCUT2D eigenvalue weighted by Gasteiger charge is 2.44. The number of carbonyl (C=O) groups excluding carboxylic acids is 1. The molecular formula is C39H74O5Si3. The van der Waals surface area contributed by atoms with Crippen molar-refractivity contribution in [1.29, 1.82) is 0 Å². The van der Waals surface area contributed by atoms with E-state index in [0.717, 1.165) is 19.3 Å². The van der Waals surface area contributed by atoms with Crippen LogP contribution in [0, 0.1) is 11.8 Å². The number of rotatable bonds is 18. The molecule has 47 heavy (non-hydrogen) atoms. The van der Waals surface area contributed by atoms with E-state index in [1.807, 2.05) is 24.3 Å². The molecule has 0 N–H and O–H groups in total. The van der Waals surface area contributed by atoms with Crippen molar-refractivity contribution in [1.82, 2.24) is 0 Å². The summed E-state index contributed by atoms with van der Waals surface area (Å²) in [7, 11) is -4.62. The SMILES string of the molecule is CCCCC[C@H](O[Si](C)(C)C(C)(C)C)[C@H](/C=C/C=C/C#C/C=C/[C@H](CCCC(=O)OC)O[Si](C)(C)C(C)(C)C)O[Si](C)(C)C(C)(C)C. The van der Waals surface area contributed by atoms with Crippen molar-refractivity contribution >= 4 is 30.9 Å². The number of hydrogen-bond donors (Lipinski definition) is 0. The molecule has 0 aromatic heterocycles. The monoisotopic (exact) mass is 706 g/mol. The Morgan fingerprint density at radius 3 is 1.68 bits per heavy atom. The van der Waals surface area contributed by atoms with Gasteiger partial charge < -0.3 is 18.0 Å². The predicted octanol–water partition coefficient (Wildman–Crippen LogP) is 11.8. The fourth-order valence-corrected chi connectivity index (χ4v) is 7.96. The Kier molecular flexibility index (Phi) is 19.3. The molecule has 0 bridgehead atoms. The van der Waals surface area contributed by atoms with Gasteiger partial charge in [0.25, 0.3) is 0 Å². The van der Waals surface area contributed by atoms with Crippen LogP contribution in [-0.2, 0) is 22.8 Å². The summed E-state index contributed by atoms with van der Waals surface area (Å²) in [5.74, 6) is 6.11. The minimum atomic E-state index is -2.06. The molecule has 0 aliphatic rings. The molecule has 0 saturated heterocycles. The van der Waals surface area contributed by atoms with Gasteiger partial charge >= 0.3 is 5.97 Å². The van der Waals surface area contributed by atoms with Crippen LogP contribution in [0.1, 0.15) is 114 Å². The minimum absolute atomic E-state index is 0.0206. The Bertz CT molecular complexity index is 1070. The Morgan fingerprint density at radius 2 is 1.17 bits per heavy atom. The third kappa shape index (κ3) is 17.3. The largest absolute Gasteiger partial charge is 0.469 e. The Labute approximate surface area is 295 Å². The number of carbonyl (C=O) groups is 1. The van der Waals surface area contributed by atoms with E-state index in [0.29, 0.717) is 12.8 Å². The van der Waals surface area contributed by atoms with E-state index in [4.69, 9.17) is 18.0 Å². The van der Waals surface area contributed by atoms with Gasteiger partial charge in [0, 0.05) is 6.42 Å². The summed E-state index contributed by atoms with van der Waals surface area (Å²) in [5.41, 5.74) is 0. The third-order valence-electron chi connectivity index (χ3n) is 10.4. The average molecular weight is 707 g/mol. The maximum absolute atomic E-state index is 11.7. The summed E-state index contributed by atoms with van der Waals surface area (Å²) < 4.78 is 25.6. The molecule has 272 valence electrons. The normalized spacial score (nSPS) is 16.0. The van der Waals surface area contributed by atoms with Crippen LogP contribution >= 0.6 is 0 Å². The number of ether oxygens (including phenoxy) is 1. The van der Waals surface area contributed by atoms with Gasteiger partial charge in [-0.3, -0.25) is 4.79 Å². The van der Waals surface area contributed by atoms with Crippen LogP contribution in [0.4, 0.5) is 0 Å². The highest BCUT2D eigenvalue weighted by atomic mass is 28.4. The maximum atomic E-state index is 11.7. The van der Waals surface area contributed by atoms with E-state index in [-0.39, 0.29) is 39.4 Å². The molecule has 0 amide bonds. The lowest BCUT2D eigenvalue weighted by atomic mass is 10.1. The van der Waals surface area contributed by atoms with Crippen molar-refractivity contribution in [2.75, 3.05) is 7.11 Å². The van der Waals surface area contributed by atoms with Crippen molar-refractivity contribution < 1.29 is 22.8 Å². The molecule has 5 nitrogen and oxygen atoms in total. The van der Waals surface area contributed by atoms with E-state index in [2.05, 4.69) is 133 Å². The van der Waals surface area contributed by atoms with E-state index in [9.17, 15) is 4.79 Å². The van der Waals surface area contributed by atoms with Crippen molar-refractivity contribution in [3.05, 3.63) is 36.5 Å². The first-order chi connectivity index (χ1) is 21.3. The Morgan fingerprint density at radius 1 is 0.660 bits per heavy atom. The van der Waals surface area contributed by atoms with Crippen molar-refractivity contribution in [3.63, 3.8) is 0 Å². The first-order valence-corrected chi connectivity index (χ1v) is 26.6. The van der Waals surface area contributed by atoms with E-state index in [1.165, 1.54) is 20.0 Å². The first-order valence-electron chi connectivity index (χ1n) is 17.9. The molecule has 0 aliphatic heterocycles. The van der Waals surface area contributed by atoms with E-state index in [1.54, 1.807) is 0 Å². The standard InChI is InChI=1S/C39H74O5Si3/c1-18-19-24-30-34(43-46(14,15)38(5,6)7)35(44-47(16,17)39(8,9)10)31-26-23-21-20-22-25-28-33(29-27-32-36(40)41-11)42-45(12,13)37(2,3)4/h21,23,25-26,28,31,33-35H,18-19,24,27,29-30,32H2,1-17H3/b23-21+,28-25+,31-26+/t33-,34+,35+/m1/s1. The van der Waals surface area contributed by atoms with Gasteiger partial charge in [-0.05, 0) is 91.9 Å². The summed E-state index contributed by atoms with van der Waals surface area (Å²) in [5, 5.41) is 0.322. The fraction of sp³-hybridized carbons (Fsp3) is 0.769. The molecular weight excluding hydrogens is 633 g/mol. The topological polar surface area (TPSA) is 54.0 Å². The van der Waals surface area contributed by atoms with Crippen LogP contribution in [0.15, 0.2) is 36.5 Å². The smallest absolute Gasteiger partial charge is 0.305 e. The summed E-state index contributed by atoms with van der Waals surface area (Å²) in [6.45, 7) is 36.6. The average Bonchev–Trinajstić information content (AvgIpc) is 2.90. The van der Waals surface area contributed by atoms with Gasteiger partial charge in [0.15, 0.2) is 25.0 Å². The lowest BCUT2D eigenvalue weighted by Gasteiger charge is -2.44. The van der Waals surface area contributed by atoms with Crippen LogP contribution in [-0.4, -0.2) is 56.3 Å². The van der Waals surface area contributed by atoms with Crippen molar-refractivity contribution in [2.45, 2.75) is 187 Å². The highest BCUT2D eigenvalue weighted by Crippen LogP contribution is 2.41. The van der Waals surface area contributed by atoms with Crippen LogP contribution in [0.25, 0.3) is 0 Å². The molecule has 8 heteroatoms. The zero-order valence-corrected chi connectivity index (χ0v) is 36.7. The van der Waals surface area contributed by atoms with Gasteiger partial charge in [0.2, 0.25) is 0 Å². The number of allylic oxidation sites excluding steroid dienone is 4. The second-order valence-electron chi connectivity index (χ2n) is 17.5. The van der Waals surface area contributed by atoms with Gasteiger partial charge in [0.1, 0.15) is 0 Å². The molecule has 0 fully saturated rings. The molecule has 0 saturated carbocycles. The van der Waals surface area contributed by atoms with Crippen LogP contribution in [0.2, 0.25) is 54.4 Å². The van der Waals surface area contributed by atoms with E-state index >= 15 is 0 Å². The summed E-state index contributed by atoms with van der Waals surface area (Å²) >= 11 is 0. The molecule has 0 heterocycles. The first kappa shape index (κ1) is 45.8. The molecule has 0 rings (SSSR count). The second-order valence-corrected chi connectivity index (χ2v) is 31.8. The quantitative estimate of drug-likeness (QED) is 0.0467. The maximum Gasteiger partial charge on any atom is 0.305 e. The van der Waals surface area contributed by atoms with Crippen molar-refractivity contribution in [2.24, 2.45) is 0 Å². The van der Waals surface area contributed by atoms with Gasteiger partial charge in [-0.1, -0.05) is 119 Å². The summed E-state index contributed by atoms with van der Waals surface area (Å²) in [6, 6.07) is 0. The molecule has 0 unspecified atom stereocenters.